The minimum Gasteiger partial charge on any atom is -0.489 e. The van der Waals surface area contributed by atoms with Crippen LogP contribution in [-0.2, 0) is 16.4 Å². The van der Waals surface area contributed by atoms with Gasteiger partial charge in [-0.1, -0.05) is 24.3 Å². The van der Waals surface area contributed by atoms with Crippen LogP contribution < -0.4 is 10.1 Å². The number of carbonyl (C=O) groups excluding carboxylic acids is 1. The smallest absolute Gasteiger partial charge is 0.291 e. The van der Waals surface area contributed by atoms with E-state index in [1.54, 1.807) is 18.2 Å². The summed E-state index contributed by atoms with van der Waals surface area (Å²) in [5, 5.41) is 2.64. The Hall–Kier alpha value is -3.06. The number of amides is 1. The van der Waals surface area contributed by atoms with Crippen molar-refractivity contribution >= 4 is 21.4 Å². The molecule has 0 aliphatic rings. The molecule has 3 aromatic rings. The molecule has 26 heavy (non-hydrogen) atoms. The quantitative estimate of drug-likeness (QED) is 0.717. The molecule has 3 rings (SSSR count). The van der Waals surface area contributed by atoms with Gasteiger partial charge in [0.1, 0.15) is 12.4 Å². The summed E-state index contributed by atoms with van der Waals surface area (Å²) in [5.41, 5.74) is 0.954. The Morgan fingerprint density at radius 2 is 1.85 bits per heavy atom. The molecular weight excluding hydrogens is 354 g/mol. The van der Waals surface area contributed by atoms with E-state index in [9.17, 15) is 13.2 Å². The lowest BCUT2D eigenvalue weighted by Crippen LogP contribution is -2.14. The molecule has 7 heteroatoms. The molecule has 0 saturated carbocycles. The van der Waals surface area contributed by atoms with Gasteiger partial charge in [-0.2, -0.15) is 0 Å². The summed E-state index contributed by atoms with van der Waals surface area (Å²) < 4.78 is 34.2. The van der Waals surface area contributed by atoms with E-state index in [1.807, 2.05) is 30.3 Å². The van der Waals surface area contributed by atoms with Gasteiger partial charge in [-0.05, 0) is 36.4 Å². The van der Waals surface area contributed by atoms with Gasteiger partial charge in [0.05, 0.1) is 11.2 Å². The standard InChI is InChI=1S/C19H17NO5S/c1-26(22,23)17-9-5-6-15(12-17)20-19(21)18-14(10-11-24-18)13-25-16-7-3-2-4-8-16/h2-12H,13H2,1H3,(H,20,21). The lowest BCUT2D eigenvalue weighted by Gasteiger charge is -2.08. The van der Waals surface area contributed by atoms with Gasteiger partial charge < -0.3 is 14.5 Å². The van der Waals surface area contributed by atoms with Crippen molar-refractivity contribution in [2.45, 2.75) is 11.5 Å². The molecule has 6 nitrogen and oxygen atoms in total. The number of nitrogens with one attached hydrogen (secondary N) is 1. The van der Waals surface area contributed by atoms with Crippen molar-refractivity contribution in [2.75, 3.05) is 11.6 Å². The summed E-state index contributed by atoms with van der Waals surface area (Å²) in [6.45, 7) is 0.173. The number of hydrogen-bond acceptors (Lipinski definition) is 5. The third-order valence-corrected chi connectivity index (χ3v) is 4.72. The maximum Gasteiger partial charge on any atom is 0.291 e. The monoisotopic (exact) mass is 371 g/mol. The van der Waals surface area contributed by atoms with Gasteiger partial charge in [0.2, 0.25) is 0 Å². The lowest BCUT2D eigenvalue weighted by atomic mass is 10.2. The highest BCUT2D eigenvalue weighted by Crippen LogP contribution is 2.19. The van der Waals surface area contributed by atoms with Crippen LogP contribution in [0.25, 0.3) is 0 Å². The van der Waals surface area contributed by atoms with E-state index in [2.05, 4.69) is 5.32 Å². The number of furan rings is 1. The van der Waals surface area contributed by atoms with E-state index in [4.69, 9.17) is 9.15 Å². The lowest BCUT2D eigenvalue weighted by molar-refractivity contribution is 0.0993. The number of hydrogen-bond donors (Lipinski definition) is 1. The molecule has 1 amide bonds. The summed E-state index contributed by atoms with van der Waals surface area (Å²) in [4.78, 5) is 12.6. The SMILES string of the molecule is CS(=O)(=O)c1cccc(NC(=O)c2occc2COc2ccccc2)c1. The Bertz CT molecular complexity index is 1010. The number of carbonyl (C=O) groups is 1. The van der Waals surface area contributed by atoms with E-state index in [0.29, 0.717) is 17.0 Å². The molecule has 0 unspecified atom stereocenters. The number of para-hydroxylation sites is 1. The third kappa shape index (κ3) is 4.31. The second kappa shape index (κ2) is 7.45. The molecule has 1 N–H and O–H groups in total. The fraction of sp³-hybridized carbons (Fsp3) is 0.105. The molecule has 0 spiro atoms. The zero-order chi connectivity index (χ0) is 18.6. The molecule has 2 aromatic carbocycles. The Balaban J connectivity index is 1.72. The van der Waals surface area contributed by atoms with Crippen molar-refractivity contribution in [2.24, 2.45) is 0 Å². The molecule has 134 valence electrons. The second-order valence-corrected chi connectivity index (χ2v) is 7.65. The molecule has 1 heterocycles. The van der Waals surface area contributed by atoms with Gasteiger partial charge in [0.25, 0.3) is 5.91 Å². The van der Waals surface area contributed by atoms with Crippen LogP contribution in [0.5, 0.6) is 5.75 Å². The van der Waals surface area contributed by atoms with Crippen molar-refractivity contribution in [3.05, 3.63) is 78.3 Å². The highest BCUT2D eigenvalue weighted by molar-refractivity contribution is 7.90. The summed E-state index contributed by atoms with van der Waals surface area (Å²) in [6, 6.07) is 16.9. The predicted molar refractivity (Wildman–Crippen MR) is 97.0 cm³/mol. The zero-order valence-corrected chi connectivity index (χ0v) is 14.8. The Morgan fingerprint density at radius 1 is 1.08 bits per heavy atom. The number of sulfone groups is 1. The Labute approximate surface area is 151 Å². The average Bonchev–Trinajstić information content (AvgIpc) is 3.09. The maximum absolute atomic E-state index is 12.5. The molecule has 0 fully saturated rings. The topological polar surface area (TPSA) is 85.6 Å². The van der Waals surface area contributed by atoms with Crippen molar-refractivity contribution in [1.29, 1.82) is 0 Å². The van der Waals surface area contributed by atoms with E-state index in [0.717, 1.165) is 6.26 Å². The van der Waals surface area contributed by atoms with Crippen LogP contribution in [-0.4, -0.2) is 20.6 Å². The molecule has 0 radical (unpaired) electrons. The van der Waals surface area contributed by atoms with Crippen molar-refractivity contribution in [3.63, 3.8) is 0 Å². The van der Waals surface area contributed by atoms with Gasteiger partial charge >= 0.3 is 0 Å². The van der Waals surface area contributed by atoms with Gasteiger partial charge in [-0.15, -0.1) is 0 Å². The van der Waals surface area contributed by atoms with Gasteiger partial charge in [0.15, 0.2) is 15.6 Å². The van der Waals surface area contributed by atoms with Gasteiger partial charge in [0, 0.05) is 17.5 Å². The van der Waals surface area contributed by atoms with E-state index < -0.39 is 15.7 Å². The van der Waals surface area contributed by atoms with Gasteiger partial charge in [-0.25, -0.2) is 8.42 Å². The van der Waals surface area contributed by atoms with Crippen LogP contribution in [0.15, 0.2) is 76.2 Å². The van der Waals surface area contributed by atoms with E-state index >= 15 is 0 Å². The molecule has 0 bridgehead atoms. The van der Waals surface area contributed by atoms with E-state index in [-0.39, 0.29) is 17.3 Å². The minimum absolute atomic E-state index is 0.116. The first kappa shape index (κ1) is 17.8. The Kier molecular flexibility index (Phi) is 5.09. The van der Waals surface area contributed by atoms with Crippen molar-refractivity contribution in [1.82, 2.24) is 0 Å². The van der Waals surface area contributed by atoms with Crippen molar-refractivity contribution in [3.8, 4) is 5.75 Å². The van der Waals surface area contributed by atoms with Crippen LogP contribution >= 0.6 is 0 Å². The summed E-state index contributed by atoms with van der Waals surface area (Å²) in [5.74, 6) is 0.318. The summed E-state index contributed by atoms with van der Waals surface area (Å²) >= 11 is 0. The molecule has 0 atom stereocenters. The largest absolute Gasteiger partial charge is 0.489 e. The number of anilines is 1. The van der Waals surface area contributed by atoms with Crippen LogP contribution in [0.2, 0.25) is 0 Å². The van der Waals surface area contributed by atoms with Crippen LogP contribution in [0, 0.1) is 0 Å². The van der Waals surface area contributed by atoms with Crippen molar-refractivity contribution < 1.29 is 22.4 Å². The molecule has 0 saturated heterocycles. The second-order valence-electron chi connectivity index (χ2n) is 5.63. The van der Waals surface area contributed by atoms with E-state index in [1.165, 1.54) is 18.4 Å². The van der Waals surface area contributed by atoms with Crippen LogP contribution in [0.1, 0.15) is 16.1 Å². The molecule has 1 aromatic heterocycles. The first-order valence-electron chi connectivity index (χ1n) is 7.79. The minimum atomic E-state index is -3.36. The summed E-state index contributed by atoms with van der Waals surface area (Å²) in [7, 11) is -3.36. The molecular formula is C19H17NO5S. The first-order valence-corrected chi connectivity index (χ1v) is 9.68. The molecule has 0 aliphatic carbocycles. The zero-order valence-electron chi connectivity index (χ0n) is 14.0. The Morgan fingerprint density at radius 3 is 2.58 bits per heavy atom. The normalized spacial score (nSPS) is 11.1. The number of benzene rings is 2. The fourth-order valence-electron chi connectivity index (χ4n) is 2.32. The third-order valence-electron chi connectivity index (χ3n) is 3.61. The average molecular weight is 371 g/mol. The number of ether oxygens (including phenoxy) is 1. The fourth-order valence-corrected chi connectivity index (χ4v) is 2.99. The maximum atomic E-state index is 12.5. The highest BCUT2D eigenvalue weighted by atomic mass is 32.2. The first-order chi connectivity index (χ1) is 12.4. The summed E-state index contributed by atoms with van der Waals surface area (Å²) in [6.07, 6.45) is 2.52. The van der Waals surface area contributed by atoms with Gasteiger partial charge in [-0.3, -0.25) is 4.79 Å². The highest BCUT2D eigenvalue weighted by Gasteiger charge is 2.17. The van der Waals surface area contributed by atoms with Crippen LogP contribution in [0.4, 0.5) is 5.69 Å². The number of rotatable bonds is 6. The molecule has 0 aliphatic heterocycles. The predicted octanol–water partition coefficient (Wildman–Crippen LogP) is 3.51. The van der Waals surface area contributed by atoms with Crippen LogP contribution in [0.3, 0.4) is 0 Å².